The number of halogens is 1. The summed E-state index contributed by atoms with van der Waals surface area (Å²) in [5.41, 5.74) is 1.73. The number of carbonyl (C=O) groups is 1. The molecule has 0 unspecified atom stereocenters. The maximum absolute atomic E-state index is 14.2. The lowest BCUT2D eigenvalue weighted by atomic mass is 9.93. The minimum atomic E-state index is -4.03. The van der Waals surface area contributed by atoms with E-state index in [0.717, 1.165) is 27.7 Å². The van der Waals surface area contributed by atoms with Crippen LogP contribution < -0.4 is 5.32 Å². The van der Waals surface area contributed by atoms with Crippen LogP contribution in [-0.4, -0.2) is 60.7 Å². The Morgan fingerprint density at radius 2 is 1.71 bits per heavy atom. The van der Waals surface area contributed by atoms with E-state index >= 15 is 0 Å². The van der Waals surface area contributed by atoms with Gasteiger partial charge in [0.25, 0.3) is 0 Å². The zero-order chi connectivity index (χ0) is 30.7. The Balaban J connectivity index is 1.47. The van der Waals surface area contributed by atoms with Gasteiger partial charge in [-0.2, -0.15) is 4.31 Å². The van der Waals surface area contributed by atoms with Gasteiger partial charge >= 0.3 is 5.97 Å². The van der Waals surface area contributed by atoms with Gasteiger partial charge in [-0.15, -0.1) is 0 Å². The van der Waals surface area contributed by atoms with Crippen molar-refractivity contribution in [1.29, 1.82) is 0 Å². The summed E-state index contributed by atoms with van der Waals surface area (Å²) in [6, 6.07) is 22.6. The highest BCUT2D eigenvalue weighted by Gasteiger charge is 2.28. The smallest absolute Gasteiger partial charge is 0.335 e. The van der Waals surface area contributed by atoms with Crippen LogP contribution in [0.25, 0.3) is 21.9 Å². The summed E-state index contributed by atoms with van der Waals surface area (Å²) in [6.07, 6.45) is 0.0507. The normalized spacial score (nSPS) is 13.0. The van der Waals surface area contributed by atoms with Gasteiger partial charge in [-0.25, -0.2) is 17.6 Å². The number of benzene rings is 4. The van der Waals surface area contributed by atoms with Crippen molar-refractivity contribution in [2.24, 2.45) is 0 Å². The van der Waals surface area contributed by atoms with Crippen LogP contribution in [0.15, 0.2) is 83.8 Å². The van der Waals surface area contributed by atoms with E-state index in [1.165, 1.54) is 30.6 Å². The van der Waals surface area contributed by atoms with E-state index in [9.17, 15) is 27.8 Å². The molecule has 0 aliphatic heterocycles. The highest BCUT2D eigenvalue weighted by molar-refractivity contribution is 7.89. The molecule has 0 amide bonds. The van der Waals surface area contributed by atoms with Crippen LogP contribution in [0.2, 0.25) is 0 Å². The maximum atomic E-state index is 14.2. The molecule has 0 fully saturated rings. The highest BCUT2D eigenvalue weighted by Crippen LogP contribution is 2.32. The zero-order valence-corrected chi connectivity index (χ0v) is 25.1. The predicted molar refractivity (Wildman–Crippen MR) is 164 cm³/mol. The zero-order valence-electron chi connectivity index (χ0n) is 24.3. The number of aliphatic hydroxyl groups excluding tert-OH is 1. The van der Waals surface area contributed by atoms with Gasteiger partial charge in [0, 0.05) is 25.7 Å². The Bertz CT molecular complexity index is 1700. The van der Waals surface area contributed by atoms with E-state index in [2.05, 4.69) is 35.6 Å². The first-order valence-corrected chi connectivity index (χ1v) is 15.3. The fraction of sp³-hybridized carbons (Fsp3) is 0.303. The van der Waals surface area contributed by atoms with Crippen LogP contribution in [0.1, 0.15) is 42.3 Å². The topological polar surface area (TPSA) is 107 Å². The number of β-amino-alcohol motifs (C(OH)–C–C–N with tert-alkyl or cyclic N) is 1. The number of carboxylic acids is 1. The number of aliphatic hydroxyl groups is 1. The first-order chi connectivity index (χ1) is 19.8. The molecular formula is C33H37FN2O5S. The van der Waals surface area contributed by atoms with Crippen molar-refractivity contribution < 1.29 is 27.8 Å². The summed E-state index contributed by atoms with van der Waals surface area (Å²) >= 11 is 0. The molecule has 222 valence electrons. The minimum absolute atomic E-state index is 0.0305. The third-order valence-corrected chi connectivity index (χ3v) is 9.28. The molecule has 4 aromatic carbocycles. The number of sulfonamides is 1. The molecule has 0 heterocycles. The number of hydrogen-bond donors (Lipinski definition) is 3. The van der Waals surface area contributed by atoms with Crippen LogP contribution in [0.5, 0.6) is 0 Å². The van der Waals surface area contributed by atoms with Crippen molar-refractivity contribution >= 4 is 26.8 Å². The molecule has 0 radical (unpaired) electrons. The summed E-state index contributed by atoms with van der Waals surface area (Å²) < 4.78 is 42.6. The Labute approximate surface area is 246 Å². The Morgan fingerprint density at radius 1 is 1.00 bits per heavy atom. The minimum Gasteiger partial charge on any atom is -0.478 e. The molecule has 4 rings (SSSR count). The summed E-state index contributed by atoms with van der Waals surface area (Å²) in [7, 11) is -2.62. The number of fused-ring (bicyclic) bond motifs is 1. The molecule has 0 saturated carbocycles. The van der Waals surface area contributed by atoms with Gasteiger partial charge in [0.1, 0.15) is 5.82 Å². The van der Waals surface area contributed by atoms with Crippen LogP contribution in [0.4, 0.5) is 4.39 Å². The lowest BCUT2D eigenvalue weighted by Crippen LogP contribution is -2.47. The van der Waals surface area contributed by atoms with Gasteiger partial charge < -0.3 is 15.5 Å². The quantitative estimate of drug-likeness (QED) is 0.201. The molecule has 0 saturated heterocycles. The third-order valence-electron chi connectivity index (χ3n) is 7.37. The second-order valence-corrected chi connectivity index (χ2v) is 13.2. The van der Waals surface area contributed by atoms with Crippen LogP contribution in [-0.2, 0) is 22.9 Å². The van der Waals surface area contributed by atoms with Gasteiger partial charge in [0.15, 0.2) is 0 Å². The average molecular weight is 593 g/mol. The lowest BCUT2D eigenvalue weighted by Gasteiger charge is -2.29. The van der Waals surface area contributed by atoms with Gasteiger partial charge in [-0.05, 0) is 84.0 Å². The number of nitrogens with zero attached hydrogens (tertiary/aromatic N) is 1. The monoisotopic (exact) mass is 592 g/mol. The largest absolute Gasteiger partial charge is 0.478 e. The second kappa shape index (κ2) is 12.7. The summed E-state index contributed by atoms with van der Waals surface area (Å²) in [6.45, 7) is 5.90. The number of likely N-dealkylation sites (N-methyl/N-ethyl adjacent to an activating group) is 1. The van der Waals surface area contributed by atoms with Gasteiger partial charge in [-0.3, -0.25) is 0 Å². The summed E-state index contributed by atoms with van der Waals surface area (Å²) in [5.74, 6) is -2.00. The van der Waals surface area contributed by atoms with Crippen molar-refractivity contribution in [3.05, 3.63) is 101 Å². The standard InChI is InChI=1S/C33H37FN2O5S/c1-5-29-30(25-16-26(32(38)39)18-27(34)17-25)11-8-12-31(29)42(40,41)36(4)21-28(37)20-35-33(2,3)19-22-13-14-23-9-6-7-10-24(23)15-22/h6-18,28,35,37H,5,19-21H2,1-4H3,(H,38,39)/t28-/m1/s1. The van der Waals surface area contributed by atoms with Crippen LogP contribution in [0, 0.1) is 5.82 Å². The van der Waals surface area contributed by atoms with Crippen molar-refractivity contribution in [2.45, 2.75) is 50.2 Å². The van der Waals surface area contributed by atoms with E-state index in [4.69, 9.17) is 0 Å². The molecule has 9 heteroatoms. The maximum Gasteiger partial charge on any atom is 0.335 e. The molecule has 0 aliphatic rings. The van der Waals surface area contributed by atoms with Crippen molar-refractivity contribution in [2.75, 3.05) is 20.1 Å². The van der Waals surface area contributed by atoms with E-state index in [1.807, 2.05) is 26.0 Å². The fourth-order valence-corrected chi connectivity index (χ4v) is 6.77. The Morgan fingerprint density at radius 3 is 2.40 bits per heavy atom. The second-order valence-electron chi connectivity index (χ2n) is 11.2. The van der Waals surface area contributed by atoms with E-state index in [-0.39, 0.29) is 34.7 Å². The van der Waals surface area contributed by atoms with E-state index in [0.29, 0.717) is 17.5 Å². The lowest BCUT2D eigenvalue weighted by molar-refractivity contribution is 0.0696. The molecule has 0 aromatic heterocycles. The third kappa shape index (κ3) is 7.22. The number of carboxylic acid groups (broad SMARTS) is 1. The number of rotatable bonds is 12. The highest BCUT2D eigenvalue weighted by atomic mass is 32.2. The van der Waals surface area contributed by atoms with Crippen molar-refractivity contribution in [3.8, 4) is 11.1 Å². The fourth-order valence-electron chi connectivity index (χ4n) is 5.25. The molecule has 7 nitrogen and oxygen atoms in total. The van der Waals surface area contributed by atoms with Crippen molar-refractivity contribution in [3.63, 3.8) is 0 Å². The summed E-state index contributed by atoms with van der Waals surface area (Å²) in [4.78, 5) is 11.5. The number of aromatic carboxylic acids is 1. The molecule has 4 aromatic rings. The molecule has 1 atom stereocenters. The molecule has 0 bridgehead atoms. The molecule has 42 heavy (non-hydrogen) atoms. The molecular weight excluding hydrogens is 555 g/mol. The number of hydrogen-bond acceptors (Lipinski definition) is 5. The molecule has 3 N–H and O–H groups in total. The SMILES string of the molecule is CCc1c(-c2cc(F)cc(C(=O)O)c2)cccc1S(=O)(=O)N(C)C[C@H](O)CNC(C)(C)Cc1ccc2ccccc2c1. The van der Waals surface area contributed by atoms with E-state index in [1.54, 1.807) is 19.1 Å². The van der Waals surface area contributed by atoms with Gasteiger partial charge in [-0.1, -0.05) is 61.5 Å². The average Bonchev–Trinajstić information content (AvgIpc) is 2.95. The van der Waals surface area contributed by atoms with Crippen LogP contribution in [0.3, 0.4) is 0 Å². The van der Waals surface area contributed by atoms with Gasteiger partial charge in [0.2, 0.25) is 10.0 Å². The predicted octanol–water partition coefficient (Wildman–Crippen LogP) is 5.50. The Hall–Kier alpha value is -3.63. The first-order valence-electron chi connectivity index (χ1n) is 13.8. The van der Waals surface area contributed by atoms with E-state index < -0.39 is 27.9 Å². The first kappa shape index (κ1) is 31.3. The summed E-state index contributed by atoms with van der Waals surface area (Å²) in [5, 5.41) is 25.9. The molecule has 0 aliphatic carbocycles. The number of nitrogens with one attached hydrogen (secondary N) is 1. The molecule has 0 spiro atoms. The van der Waals surface area contributed by atoms with Crippen LogP contribution >= 0.6 is 0 Å². The van der Waals surface area contributed by atoms with Gasteiger partial charge in [0.05, 0.1) is 16.6 Å². The van der Waals surface area contributed by atoms with Crippen molar-refractivity contribution in [1.82, 2.24) is 9.62 Å². The Kier molecular flexibility index (Phi) is 9.47.